The van der Waals surface area contributed by atoms with E-state index in [0.717, 1.165) is 0 Å². The van der Waals surface area contributed by atoms with E-state index >= 15 is 0 Å². The Labute approximate surface area is 78.3 Å². The fourth-order valence-electron chi connectivity index (χ4n) is 0.652. The van der Waals surface area contributed by atoms with Crippen molar-refractivity contribution in [2.45, 2.75) is 6.92 Å². The Morgan fingerprint density at radius 1 is 1.69 bits per heavy atom. The maximum absolute atomic E-state index is 11.0. The van der Waals surface area contributed by atoms with Crippen LogP contribution in [0.25, 0.3) is 0 Å². The van der Waals surface area contributed by atoms with Gasteiger partial charge in [0.1, 0.15) is 6.61 Å². The average Bonchev–Trinajstić information content (AvgIpc) is 2.14. The van der Waals surface area contributed by atoms with Crippen LogP contribution in [-0.4, -0.2) is 43.9 Å². The molecule has 1 unspecified atom stereocenters. The van der Waals surface area contributed by atoms with E-state index in [-0.39, 0.29) is 25.0 Å². The topological polar surface area (TPSA) is 84.6 Å². The molecule has 0 aromatic rings. The van der Waals surface area contributed by atoms with Gasteiger partial charge in [0.2, 0.25) is 5.91 Å². The molecule has 0 rings (SSSR count). The number of ether oxygens (including phenoxy) is 1. The standard InChI is InChI=1S/C8H18N2O3/c1-7(5-11)4-10-8(12)6-13-3-2-9/h7,11H,2-6,9H2,1H3,(H,10,12). The first kappa shape index (κ1) is 12.3. The Kier molecular flexibility index (Phi) is 7.57. The predicted octanol–water partition coefficient (Wildman–Crippen LogP) is -1.29. The highest BCUT2D eigenvalue weighted by Crippen LogP contribution is 1.88. The average molecular weight is 190 g/mol. The molecule has 78 valence electrons. The zero-order valence-corrected chi connectivity index (χ0v) is 7.95. The van der Waals surface area contributed by atoms with Gasteiger partial charge in [-0.15, -0.1) is 0 Å². The molecule has 0 aromatic heterocycles. The minimum atomic E-state index is -0.172. The molecule has 0 radical (unpaired) electrons. The van der Waals surface area contributed by atoms with Crippen LogP contribution in [0, 0.1) is 5.92 Å². The summed E-state index contributed by atoms with van der Waals surface area (Å²) in [7, 11) is 0. The zero-order chi connectivity index (χ0) is 10.1. The van der Waals surface area contributed by atoms with E-state index in [1.807, 2.05) is 6.92 Å². The van der Waals surface area contributed by atoms with Gasteiger partial charge < -0.3 is 20.9 Å². The minimum Gasteiger partial charge on any atom is -0.396 e. The molecule has 1 atom stereocenters. The Hall–Kier alpha value is -0.650. The summed E-state index contributed by atoms with van der Waals surface area (Å²) >= 11 is 0. The second-order valence-electron chi connectivity index (χ2n) is 2.93. The normalized spacial score (nSPS) is 12.5. The van der Waals surface area contributed by atoms with Crippen LogP contribution in [0.4, 0.5) is 0 Å². The van der Waals surface area contributed by atoms with E-state index in [9.17, 15) is 4.79 Å². The maximum Gasteiger partial charge on any atom is 0.246 e. The third-order valence-corrected chi connectivity index (χ3v) is 1.45. The quantitative estimate of drug-likeness (QED) is 0.436. The summed E-state index contributed by atoms with van der Waals surface area (Å²) in [5.41, 5.74) is 5.17. The fourth-order valence-corrected chi connectivity index (χ4v) is 0.652. The lowest BCUT2D eigenvalue weighted by Gasteiger charge is -2.09. The van der Waals surface area contributed by atoms with Crippen molar-refractivity contribution >= 4 is 5.91 Å². The highest BCUT2D eigenvalue weighted by atomic mass is 16.5. The largest absolute Gasteiger partial charge is 0.396 e. The molecule has 0 aliphatic rings. The van der Waals surface area contributed by atoms with Gasteiger partial charge in [-0.25, -0.2) is 0 Å². The van der Waals surface area contributed by atoms with Crippen LogP contribution in [0.3, 0.4) is 0 Å². The summed E-state index contributed by atoms with van der Waals surface area (Å²) in [6, 6.07) is 0. The summed E-state index contributed by atoms with van der Waals surface area (Å²) in [4.78, 5) is 11.0. The first-order valence-electron chi connectivity index (χ1n) is 4.36. The Morgan fingerprint density at radius 2 is 2.38 bits per heavy atom. The Balaban J connectivity index is 3.30. The number of carbonyl (C=O) groups excluding carboxylic acids is 1. The van der Waals surface area contributed by atoms with Crippen LogP contribution in [0.2, 0.25) is 0 Å². The molecule has 4 N–H and O–H groups in total. The van der Waals surface area contributed by atoms with Crippen molar-refractivity contribution in [3.05, 3.63) is 0 Å². The van der Waals surface area contributed by atoms with Gasteiger partial charge in [0.05, 0.1) is 6.61 Å². The first-order chi connectivity index (χ1) is 6.20. The van der Waals surface area contributed by atoms with E-state index < -0.39 is 0 Å². The summed E-state index contributed by atoms with van der Waals surface area (Å²) in [6.45, 7) is 3.24. The SMILES string of the molecule is CC(CO)CNC(=O)COCCN. The van der Waals surface area contributed by atoms with Crippen molar-refractivity contribution in [1.29, 1.82) is 0 Å². The number of aliphatic hydroxyl groups is 1. The second kappa shape index (κ2) is 7.97. The van der Waals surface area contributed by atoms with Crippen LogP contribution in [-0.2, 0) is 9.53 Å². The highest BCUT2D eigenvalue weighted by Gasteiger charge is 2.03. The first-order valence-corrected chi connectivity index (χ1v) is 4.36. The molecule has 0 aliphatic carbocycles. The van der Waals surface area contributed by atoms with E-state index in [4.69, 9.17) is 15.6 Å². The molecular formula is C8H18N2O3. The lowest BCUT2D eigenvalue weighted by Crippen LogP contribution is -2.32. The van der Waals surface area contributed by atoms with Crippen molar-refractivity contribution in [2.75, 3.05) is 32.9 Å². The molecule has 5 nitrogen and oxygen atoms in total. The summed E-state index contributed by atoms with van der Waals surface area (Å²) in [6.07, 6.45) is 0. The number of hydrogen-bond donors (Lipinski definition) is 3. The molecule has 0 fully saturated rings. The van der Waals surface area contributed by atoms with Crippen LogP contribution >= 0.6 is 0 Å². The number of nitrogens with one attached hydrogen (secondary N) is 1. The summed E-state index contributed by atoms with van der Waals surface area (Å²) < 4.78 is 4.91. The fraction of sp³-hybridized carbons (Fsp3) is 0.875. The zero-order valence-electron chi connectivity index (χ0n) is 7.95. The molecule has 13 heavy (non-hydrogen) atoms. The molecule has 5 heteroatoms. The Bertz CT molecular complexity index is 141. The van der Waals surface area contributed by atoms with Gasteiger partial charge in [0, 0.05) is 19.7 Å². The van der Waals surface area contributed by atoms with Crippen molar-refractivity contribution in [2.24, 2.45) is 11.7 Å². The number of rotatable bonds is 7. The lowest BCUT2D eigenvalue weighted by atomic mass is 10.2. The molecule has 0 spiro atoms. The van der Waals surface area contributed by atoms with E-state index in [2.05, 4.69) is 5.32 Å². The van der Waals surface area contributed by atoms with Crippen LogP contribution in [0.1, 0.15) is 6.92 Å². The van der Waals surface area contributed by atoms with Gasteiger partial charge in [0.15, 0.2) is 0 Å². The third kappa shape index (κ3) is 7.70. The molecule has 0 heterocycles. The third-order valence-electron chi connectivity index (χ3n) is 1.45. The van der Waals surface area contributed by atoms with E-state index in [0.29, 0.717) is 19.7 Å². The van der Waals surface area contributed by atoms with Gasteiger partial charge in [-0.3, -0.25) is 4.79 Å². The molecular weight excluding hydrogens is 172 g/mol. The lowest BCUT2D eigenvalue weighted by molar-refractivity contribution is -0.125. The molecule has 1 amide bonds. The number of hydrogen-bond acceptors (Lipinski definition) is 4. The van der Waals surface area contributed by atoms with Gasteiger partial charge in [-0.2, -0.15) is 0 Å². The molecule has 0 saturated heterocycles. The molecule has 0 saturated carbocycles. The van der Waals surface area contributed by atoms with Crippen LogP contribution in [0.5, 0.6) is 0 Å². The monoisotopic (exact) mass is 190 g/mol. The second-order valence-corrected chi connectivity index (χ2v) is 2.93. The van der Waals surface area contributed by atoms with E-state index in [1.165, 1.54) is 0 Å². The van der Waals surface area contributed by atoms with Crippen molar-refractivity contribution in [1.82, 2.24) is 5.32 Å². The van der Waals surface area contributed by atoms with Crippen molar-refractivity contribution in [3.63, 3.8) is 0 Å². The number of amides is 1. The van der Waals surface area contributed by atoms with Crippen molar-refractivity contribution in [3.8, 4) is 0 Å². The molecule has 0 aromatic carbocycles. The molecule has 0 bridgehead atoms. The van der Waals surface area contributed by atoms with Gasteiger partial charge in [-0.1, -0.05) is 6.92 Å². The van der Waals surface area contributed by atoms with E-state index in [1.54, 1.807) is 0 Å². The molecule has 0 aliphatic heterocycles. The number of carbonyl (C=O) groups is 1. The van der Waals surface area contributed by atoms with Gasteiger partial charge in [0.25, 0.3) is 0 Å². The maximum atomic E-state index is 11.0. The smallest absolute Gasteiger partial charge is 0.246 e. The van der Waals surface area contributed by atoms with Gasteiger partial charge >= 0.3 is 0 Å². The Morgan fingerprint density at radius 3 is 2.92 bits per heavy atom. The van der Waals surface area contributed by atoms with Crippen molar-refractivity contribution < 1.29 is 14.6 Å². The summed E-state index contributed by atoms with van der Waals surface area (Å²) in [5.74, 6) is -0.0905. The number of aliphatic hydroxyl groups excluding tert-OH is 1. The van der Waals surface area contributed by atoms with Crippen LogP contribution < -0.4 is 11.1 Å². The minimum absolute atomic E-state index is 0.0371. The predicted molar refractivity (Wildman–Crippen MR) is 49.1 cm³/mol. The number of nitrogens with two attached hydrogens (primary N) is 1. The van der Waals surface area contributed by atoms with Gasteiger partial charge in [-0.05, 0) is 5.92 Å². The highest BCUT2D eigenvalue weighted by molar-refractivity contribution is 5.77. The van der Waals surface area contributed by atoms with Crippen LogP contribution in [0.15, 0.2) is 0 Å². The summed E-state index contributed by atoms with van der Waals surface area (Å²) in [5, 5.41) is 11.3.